The molecule has 25 heavy (non-hydrogen) atoms. The molecule has 5 nitrogen and oxygen atoms in total. The van der Waals surface area contributed by atoms with E-state index in [1.165, 1.54) is 5.56 Å². The fourth-order valence-electron chi connectivity index (χ4n) is 2.71. The van der Waals surface area contributed by atoms with Crippen LogP contribution in [0.1, 0.15) is 5.56 Å². The Morgan fingerprint density at radius 2 is 1.56 bits per heavy atom. The highest BCUT2D eigenvalue weighted by Crippen LogP contribution is 2.25. The first-order valence-electron chi connectivity index (χ1n) is 8.04. The van der Waals surface area contributed by atoms with Crippen LogP contribution in [0.15, 0.2) is 73.2 Å². The fourth-order valence-corrected chi connectivity index (χ4v) is 2.71. The zero-order valence-electron chi connectivity index (χ0n) is 13.8. The van der Waals surface area contributed by atoms with E-state index < -0.39 is 0 Å². The lowest BCUT2D eigenvalue weighted by Crippen LogP contribution is -1.99. The standard InChI is InChI=1S/C20H17N5/c1-14-5-2-8-16(11-14)24-18-12-19(23-13-22-18)25-17-9-3-6-15-7-4-10-21-20(15)17/h2-13H,1H3,(H2,22,23,24,25). The number of para-hydroxylation sites is 1. The highest BCUT2D eigenvalue weighted by atomic mass is 15.1. The molecule has 0 spiro atoms. The van der Waals surface area contributed by atoms with Gasteiger partial charge in [-0.05, 0) is 36.8 Å². The second-order valence-corrected chi connectivity index (χ2v) is 5.79. The number of nitrogens with zero attached hydrogens (tertiary/aromatic N) is 3. The number of pyridine rings is 1. The molecule has 0 bridgehead atoms. The van der Waals surface area contributed by atoms with Crippen molar-refractivity contribution < 1.29 is 0 Å². The molecule has 122 valence electrons. The lowest BCUT2D eigenvalue weighted by atomic mass is 10.2. The predicted octanol–water partition coefficient (Wildman–Crippen LogP) is 4.82. The van der Waals surface area contributed by atoms with Crippen LogP contribution in [0.5, 0.6) is 0 Å². The number of benzene rings is 2. The molecule has 0 aliphatic heterocycles. The van der Waals surface area contributed by atoms with Crippen LogP contribution in [0.3, 0.4) is 0 Å². The Bertz CT molecular complexity index is 1020. The van der Waals surface area contributed by atoms with Gasteiger partial charge in [0.25, 0.3) is 0 Å². The molecule has 0 aliphatic rings. The van der Waals surface area contributed by atoms with Gasteiger partial charge < -0.3 is 10.6 Å². The summed E-state index contributed by atoms with van der Waals surface area (Å²) in [6, 6.07) is 20.0. The van der Waals surface area contributed by atoms with E-state index in [0.717, 1.165) is 28.1 Å². The Morgan fingerprint density at radius 1 is 0.760 bits per heavy atom. The van der Waals surface area contributed by atoms with E-state index in [4.69, 9.17) is 0 Å². The molecule has 0 saturated heterocycles. The van der Waals surface area contributed by atoms with Gasteiger partial charge in [-0.1, -0.05) is 30.3 Å². The summed E-state index contributed by atoms with van der Waals surface area (Å²) >= 11 is 0. The Hall–Kier alpha value is -3.47. The topological polar surface area (TPSA) is 62.7 Å². The minimum atomic E-state index is 0.711. The van der Waals surface area contributed by atoms with Gasteiger partial charge >= 0.3 is 0 Å². The van der Waals surface area contributed by atoms with Crippen molar-refractivity contribution in [2.75, 3.05) is 10.6 Å². The molecule has 0 radical (unpaired) electrons. The van der Waals surface area contributed by atoms with E-state index >= 15 is 0 Å². The summed E-state index contributed by atoms with van der Waals surface area (Å²) in [6.07, 6.45) is 3.33. The van der Waals surface area contributed by atoms with Gasteiger partial charge in [0.15, 0.2) is 0 Å². The van der Waals surface area contributed by atoms with Crippen LogP contribution in [0.2, 0.25) is 0 Å². The number of rotatable bonds is 4. The molecule has 2 aromatic carbocycles. The summed E-state index contributed by atoms with van der Waals surface area (Å²) in [5.41, 5.74) is 4.02. The second kappa shape index (κ2) is 6.57. The third kappa shape index (κ3) is 3.40. The average molecular weight is 327 g/mol. The Labute approximate surface area is 145 Å². The quantitative estimate of drug-likeness (QED) is 0.562. The molecule has 5 heteroatoms. The van der Waals surface area contributed by atoms with Gasteiger partial charge in [-0.2, -0.15) is 0 Å². The highest BCUT2D eigenvalue weighted by molar-refractivity contribution is 5.91. The van der Waals surface area contributed by atoms with Crippen LogP contribution in [0.4, 0.5) is 23.0 Å². The van der Waals surface area contributed by atoms with Gasteiger partial charge in [0.05, 0.1) is 11.2 Å². The van der Waals surface area contributed by atoms with Crippen molar-refractivity contribution in [2.45, 2.75) is 6.92 Å². The minimum absolute atomic E-state index is 0.711. The first-order chi connectivity index (χ1) is 12.3. The maximum Gasteiger partial charge on any atom is 0.135 e. The predicted molar refractivity (Wildman–Crippen MR) is 102 cm³/mol. The molecule has 0 aliphatic carbocycles. The Kier molecular flexibility index (Phi) is 3.96. The zero-order valence-corrected chi connectivity index (χ0v) is 13.8. The fraction of sp³-hybridized carbons (Fsp3) is 0.0500. The van der Waals surface area contributed by atoms with Crippen LogP contribution in [0.25, 0.3) is 10.9 Å². The third-order valence-electron chi connectivity index (χ3n) is 3.85. The van der Waals surface area contributed by atoms with Crippen LogP contribution in [-0.4, -0.2) is 15.0 Å². The second-order valence-electron chi connectivity index (χ2n) is 5.79. The SMILES string of the molecule is Cc1cccc(Nc2cc(Nc3cccc4cccnc34)ncn2)c1. The summed E-state index contributed by atoms with van der Waals surface area (Å²) in [6.45, 7) is 2.06. The number of aryl methyl sites for hydroxylation is 1. The van der Waals surface area contributed by atoms with Crippen LogP contribution in [0, 0.1) is 6.92 Å². The van der Waals surface area contributed by atoms with Crippen LogP contribution in [-0.2, 0) is 0 Å². The van der Waals surface area contributed by atoms with E-state index in [2.05, 4.69) is 44.6 Å². The molecule has 4 rings (SSSR count). The summed E-state index contributed by atoms with van der Waals surface area (Å²) in [5, 5.41) is 7.72. The average Bonchev–Trinajstić information content (AvgIpc) is 2.62. The molecule has 2 aromatic heterocycles. The number of hydrogen-bond donors (Lipinski definition) is 2. The van der Waals surface area contributed by atoms with Crippen molar-refractivity contribution >= 4 is 33.9 Å². The molecule has 0 saturated carbocycles. The molecular formula is C20H17N5. The van der Waals surface area contributed by atoms with E-state index in [1.54, 1.807) is 12.5 Å². The molecule has 4 aromatic rings. The summed E-state index contributed by atoms with van der Waals surface area (Å²) in [5.74, 6) is 1.44. The Morgan fingerprint density at radius 3 is 2.44 bits per heavy atom. The Balaban J connectivity index is 1.61. The molecule has 2 heterocycles. The molecule has 0 fully saturated rings. The van der Waals surface area contributed by atoms with E-state index in [-0.39, 0.29) is 0 Å². The number of fused-ring (bicyclic) bond motifs is 1. The van der Waals surface area contributed by atoms with Crippen molar-refractivity contribution in [3.63, 3.8) is 0 Å². The van der Waals surface area contributed by atoms with Gasteiger partial charge in [-0.3, -0.25) is 4.98 Å². The van der Waals surface area contributed by atoms with Crippen molar-refractivity contribution in [3.05, 3.63) is 78.8 Å². The lowest BCUT2D eigenvalue weighted by molar-refractivity contribution is 1.17. The van der Waals surface area contributed by atoms with Crippen LogP contribution < -0.4 is 10.6 Å². The van der Waals surface area contributed by atoms with Gasteiger partial charge in [0.1, 0.15) is 18.0 Å². The van der Waals surface area contributed by atoms with Gasteiger partial charge in [0, 0.05) is 23.3 Å². The maximum atomic E-state index is 4.46. The van der Waals surface area contributed by atoms with Gasteiger partial charge in [0.2, 0.25) is 0 Å². The highest BCUT2D eigenvalue weighted by Gasteiger charge is 2.04. The van der Waals surface area contributed by atoms with E-state index in [0.29, 0.717) is 5.82 Å². The first-order valence-corrected chi connectivity index (χ1v) is 8.04. The minimum Gasteiger partial charge on any atom is -0.340 e. The summed E-state index contributed by atoms with van der Waals surface area (Å²) in [4.78, 5) is 13.1. The first kappa shape index (κ1) is 15.1. The smallest absolute Gasteiger partial charge is 0.135 e. The van der Waals surface area contributed by atoms with E-state index in [1.807, 2.05) is 48.5 Å². The lowest BCUT2D eigenvalue weighted by Gasteiger charge is -2.10. The maximum absolute atomic E-state index is 4.46. The largest absolute Gasteiger partial charge is 0.340 e. The molecule has 0 atom stereocenters. The van der Waals surface area contributed by atoms with Crippen LogP contribution >= 0.6 is 0 Å². The summed E-state index contributed by atoms with van der Waals surface area (Å²) < 4.78 is 0. The van der Waals surface area contributed by atoms with Crippen molar-refractivity contribution in [1.29, 1.82) is 0 Å². The molecular weight excluding hydrogens is 310 g/mol. The van der Waals surface area contributed by atoms with E-state index in [9.17, 15) is 0 Å². The van der Waals surface area contributed by atoms with Crippen molar-refractivity contribution in [2.24, 2.45) is 0 Å². The molecule has 2 N–H and O–H groups in total. The zero-order chi connectivity index (χ0) is 17.1. The van der Waals surface area contributed by atoms with Crippen molar-refractivity contribution in [3.8, 4) is 0 Å². The third-order valence-corrected chi connectivity index (χ3v) is 3.85. The normalized spacial score (nSPS) is 10.6. The molecule has 0 amide bonds. The number of hydrogen-bond acceptors (Lipinski definition) is 5. The summed E-state index contributed by atoms with van der Waals surface area (Å²) in [7, 11) is 0. The van der Waals surface area contributed by atoms with Gasteiger partial charge in [-0.25, -0.2) is 9.97 Å². The van der Waals surface area contributed by atoms with Gasteiger partial charge in [-0.15, -0.1) is 0 Å². The molecule has 0 unspecified atom stereocenters. The number of anilines is 4. The van der Waals surface area contributed by atoms with Crippen molar-refractivity contribution in [1.82, 2.24) is 15.0 Å². The number of nitrogens with one attached hydrogen (secondary N) is 2. The number of aromatic nitrogens is 3. The monoisotopic (exact) mass is 327 g/mol.